The van der Waals surface area contributed by atoms with Crippen molar-refractivity contribution in [3.8, 4) is 0 Å². The lowest BCUT2D eigenvalue weighted by Crippen LogP contribution is -2.10. The summed E-state index contributed by atoms with van der Waals surface area (Å²) in [6, 6.07) is 0. The smallest absolute Gasteiger partial charge is 0.146 e. The summed E-state index contributed by atoms with van der Waals surface area (Å²) in [6.07, 6.45) is 3.70. The van der Waals surface area contributed by atoms with Crippen molar-refractivity contribution in [3.63, 3.8) is 0 Å². The fraction of sp³-hybridized carbons (Fsp3) is 0.636. The molecule has 1 saturated heterocycles. The molecule has 1 aliphatic heterocycles. The minimum atomic E-state index is 0.397. The average molecular weight is 385 g/mol. The van der Waals surface area contributed by atoms with Gasteiger partial charge in [-0.15, -0.1) is 0 Å². The molecule has 6 heteroatoms. The zero-order valence-electron chi connectivity index (χ0n) is 9.58. The van der Waals surface area contributed by atoms with Crippen LogP contribution >= 0.6 is 46.0 Å². The van der Waals surface area contributed by atoms with E-state index in [4.69, 9.17) is 16.3 Å². The van der Waals surface area contributed by atoms with E-state index in [1.165, 1.54) is 18.6 Å². The highest BCUT2D eigenvalue weighted by molar-refractivity contribution is 14.1. The third kappa shape index (κ3) is 3.45. The molecule has 0 saturated carbocycles. The van der Waals surface area contributed by atoms with Gasteiger partial charge in [0.25, 0.3) is 0 Å². The van der Waals surface area contributed by atoms with Gasteiger partial charge >= 0.3 is 0 Å². The SMILES string of the molecule is COCc1nc(C2CCCCS2)nc(Cl)c1I. The lowest BCUT2D eigenvalue weighted by atomic mass is 10.2. The Kier molecular flexibility index (Phi) is 5.32. The van der Waals surface area contributed by atoms with Gasteiger partial charge in [0.1, 0.15) is 11.0 Å². The molecular formula is C11H14ClIN2OS. The van der Waals surface area contributed by atoms with Crippen molar-refractivity contribution < 1.29 is 4.74 Å². The van der Waals surface area contributed by atoms with Crippen LogP contribution in [0.3, 0.4) is 0 Å². The summed E-state index contributed by atoms with van der Waals surface area (Å²) in [6.45, 7) is 0.491. The maximum absolute atomic E-state index is 6.15. The van der Waals surface area contributed by atoms with Gasteiger partial charge in [-0.2, -0.15) is 11.8 Å². The summed E-state index contributed by atoms with van der Waals surface area (Å²) in [5.74, 6) is 2.06. The lowest BCUT2D eigenvalue weighted by Gasteiger charge is -2.20. The Bertz CT molecular complexity index is 399. The molecule has 0 radical (unpaired) electrons. The Morgan fingerprint density at radius 3 is 2.94 bits per heavy atom. The molecule has 0 aliphatic carbocycles. The third-order valence-corrected chi connectivity index (χ3v) is 5.74. The van der Waals surface area contributed by atoms with Crippen molar-refractivity contribution in [2.45, 2.75) is 31.1 Å². The summed E-state index contributed by atoms with van der Waals surface area (Å²) < 4.78 is 6.04. The molecule has 2 heterocycles. The van der Waals surface area contributed by atoms with Crippen LogP contribution in [0.2, 0.25) is 5.15 Å². The Morgan fingerprint density at radius 1 is 1.47 bits per heavy atom. The first-order valence-corrected chi connectivity index (χ1v) is 8.05. The van der Waals surface area contributed by atoms with Gasteiger partial charge in [-0.05, 0) is 41.2 Å². The number of aromatic nitrogens is 2. The summed E-state index contributed by atoms with van der Waals surface area (Å²) >= 11 is 10.3. The van der Waals surface area contributed by atoms with Gasteiger partial charge < -0.3 is 4.74 Å². The Hall–Kier alpha value is 0.410. The van der Waals surface area contributed by atoms with Gasteiger partial charge in [0, 0.05) is 7.11 Å². The molecule has 0 aromatic carbocycles. The fourth-order valence-corrected chi connectivity index (χ4v) is 3.64. The van der Waals surface area contributed by atoms with Crippen molar-refractivity contribution in [2.24, 2.45) is 0 Å². The predicted molar refractivity (Wildman–Crippen MR) is 79.5 cm³/mol. The molecule has 0 amide bonds. The minimum Gasteiger partial charge on any atom is -0.378 e. The van der Waals surface area contributed by atoms with Gasteiger partial charge in [0.15, 0.2) is 0 Å². The van der Waals surface area contributed by atoms with E-state index in [1.807, 2.05) is 11.8 Å². The molecule has 17 heavy (non-hydrogen) atoms. The highest BCUT2D eigenvalue weighted by atomic mass is 127. The molecule has 1 atom stereocenters. The molecule has 0 N–H and O–H groups in total. The first kappa shape index (κ1) is 13.8. The van der Waals surface area contributed by atoms with Crippen LogP contribution in [0, 0.1) is 3.57 Å². The second kappa shape index (κ2) is 6.54. The summed E-state index contributed by atoms with van der Waals surface area (Å²) in [5.41, 5.74) is 0.897. The second-order valence-corrected chi connectivity index (χ2v) is 6.67. The topological polar surface area (TPSA) is 35.0 Å². The number of ether oxygens (including phenoxy) is 1. The number of thioether (sulfide) groups is 1. The van der Waals surface area contributed by atoms with Crippen LogP contribution < -0.4 is 0 Å². The van der Waals surface area contributed by atoms with Crippen molar-refractivity contribution in [2.75, 3.05) is 12.9 Å². The molecule has 1 aromatic heterocycles. The summed E-state index contributed by atoms with van der Waals surface area (Å²) in [7, 11) is 1.67. The average Bonchev–Trinajstić information content (AvgIpc) is 2.36. The number of hydrogen-bond acceptors (Lipinski definition) is 4. The van der Waals surface area contributed by atoms with E-state index < -0.39 is 0 Å². The second-order valence-electron chi connectivity index (χ2n) is 3.92. The van der Waals surface area contributed by atoms with Crippen LogP contribution in [0.25, 0.3) is 0 Å². The first-order valence-electron chi connectivity index (χ1n) is 5.54. The minimum absolute atomic E-state index is 0.397. The highest BCUT2D eigenvalue weighted by Gasteiger charge is 2.21. The van der Waals surface area contributed by atoms with Crippen LogP contribution in [0.5, 0.6) is 0 Å². The summed E-state index contributed by atoms with van der Waals surface area (Å²) in [4.78, 5) is 9.01. The largest absolute Gasteiger partial charge is 0.378 e. The molecule has 94 valence electrons. The van der Waals surface area contributed by atoms with Crippen molar-refractivity contribution in [1.82, 2.24) is 9.97 Å². The number of halogens is 2. The van der Waals surface area contributed by atoms with Crippen molar-refractivity contribution >= 4 is 46.0 Å². The van der Waals surface area contributed by atoms with E-state index in [1.54, 1.807) is 7.11 Å². The zero-order valence-corrected chi connectivity index (χ0v) is 13.3. The van der Waals surface area contributed by atoms with E-state index in [9.17, 15) is 0 Å². The molecule has 3 nitrogen and oxygen atoms in total. The number of hydrogen-bond donors (Lipinski definition) is 0. The molecule has 1 aliphatic rings. The maximum Gasteiger partial charge on any atom is 0.146 e. The van der Waals surface area contributed by atoms with Crippen LogP contribution in [0.15, 0.2) is 0 Å². The molecule has 0 bridgehead atoms. The van der Waals surface area contributed by atoms with Crippen LogP contribution in [-0.4, -0.2) is 22.8 Å². The van der Waals surface area contributed by atoms with Gasteiger partial charge in [0.2, 0.25) is 0 Å². The number of methoxy groups -OCH3 is 1. The van der Waals surface area contributed by atoms with Crippen LogP contribution in [0.4, 0.5) is 0 Å². The molecule has 0 spiro atoms. The lowest BCUT2D eigenvalue weighted by molar-refractivity contribution is 0.180. The maximum atomic E-state index is 6.15. The predicted octanol–water partition coefficient (Wildman–Crippen LogP) is 3.84. The number of nitrogens with zero attached hydrogens (tertiary/aromatic N) is 2. The number of rotatable bonds is 3. The molecular weight excluding hydrogens is 371 g/mol. The molecule has 1 aromatic rings. The van der Waals surface area contributed by atoms with Gasteiger partial charge in [-0.1, -0.05) is 18.0 Å². The monoisotopic (exact) mass is 384 g/mol. The van der Waals surface area contributed by atoms with Crippen molar-refractivity contribution in [1.29, 1.82) is 0 Å². The Morgan fingerprint density at radius 2 is 2.29 bits per heavy atom. The molecule has 1 fully saturated rings. The molecule has 2 rings (SSSR count). The van der Waals surface area contributed by atoms with E-state index in [0.29, 0.717) is 17.0 Å². The van der Waals surface area contributed by atoms with E-state index in [0.717, 1.165) is 21.5 Å². The van der Waals surface area contributed by atoms with Crippen molar-refractivity contribution in [3.05, 3.63) is 20.2 Å². The van der Waals surface area contributed by atoms with Gasteiger partial charge in [-0.25, -0.2) is 9.97 Å². The van der Waals surface area contributed by atoms with E-state index in [2.05, 4.69) is 32.6 Å². The van der Waals surface area contributed by atoms with Crippen LogP contribution in [0.1, 0.15) is 36.0 Å². The van der Waals surface area contributed by atoms with Gasteiger partial charge in [-0.3, -0.25) is 0 Å². The highest BCUT2D eigenvalue weighted by Crippen LogP contribution is 2.37. The normalized spacial score (nSPS) is 20.5. The van der Waals surface area contributed by atoms with Gasteiger partial charge in [0.05, 0.1) is 21.1 Å². The zero-order chi connectivity index (χ0) is 12.3. The standard InChI is InChI=1S/C11H14ClIN2OS/c1-16-6-7-9(13)10(12)15-11(14-7)8-4-2-3-5-17-8/h8H,2-6H2,1H3. The quantitative estimate of drug-likeness (QED) is 0.586. The first-order chi connectivity index (χ1) is 8.22. The Balaban J connectivity index is 2.27. The third-order valence-electron chi connectivity index (χ3n) is 2.65. The Labute approximate surface area is 124 Å². The van der Waals surface area contributed by atoms with E-state index in [-0.39, 0.29) is 0 Å². The summed E-state index contributed by atoms with van der Waals surface area (Å²) in [5, 5.41) is 0.947. The van der Waals surface area contributed by atoms with Crippen LogP contribution in [-0.2, 0) is 11.3 Å². The van der Waals surface area contributed by atoms with E-state index >= 15 is 0 Å². The fourth-order valence-electron chi connectivity index (χ4n) is 1.80. The molecule has 1 unspecified atom stereocenters.